The summed E-state index contributed by atoms with van der Waals surface area (Å²) in [6.45, 7) is 6.09. The number of pyridine rings is 1. The number of benzene rings is 1. The van der Waals surface area contributed by atoms with Gasteiger partial charge in [-0.3, -0.25) is 0 Å². The van der Waals surface area contributed by atoms with E-state index >= 15 is 0 Å². The molecule has 2 heterocycles. The molecule has 1 aromatic heterocycles. The molecule has 2 aromatic rings. The van der Waals surface area contributed by atoms with Crippen molar-refractivity contribution in [3.05, 3.63) is 54.0 Å². The van der Waals surface area contributed by atoms with Crippen LogP contribution in [0.3, 0.4) is 0 Å². The van der Waals surface area contributed by atoms with Gasteiger partial charge in [-0.15, -0.1) is 0 Å². The maximum Gasteiger partial charge on any atom is 0.191 e. The lowest BCUT2D eigenvalue weighted by atomic mass is 10.2. The van der Waals surface area contributed by atoms with Gasteiger partial charge in [0.25, 0.3) is 0 Å². The first kappa shape index (κ1) is 22.8. The highest BCUT2D eigenvalue weighted by Crippen LogP contribution is 2.21. The van der Waals surface area contributed by atoms with E-state index < -0.39 is 0 Å². The molecule has 1 saturated heterocycles. The lowest BCUT2D eigenvalue weighted by Crippen LogP contribution is -2.44. The number of anilines is 1. The first-order valence-corrected chi connectivity index (χ1v) is 10.8. The van der Waals surface area contributed by atoms with E-state index in [1.54, 1.807) is 19.4 Å². The Morgan fingerprint density at radius 2 is 2.19 bits per heavy atom. The zero-order chi connectivity index (χ0) is 21.9. The van der Waals surface area contributed by atoms with Gasteiger partial charge in [0.05, 0.1) is 13.2 Å². The Hall–Kier alpha value is -2.87. The third-order valence-electron chi connectivity index (χ3n) is 4.99. The second-order valence-corrected chi connectivity index (χ2v) is 7.42. The lowest BCUT2D eigenvalue weighted by Gasteiger charge is -2.20. The monoisotopic (exact) mass is 429 g/mol. The van der Waals surface area contributed by atoms with Crippen molar-refractivity contribution in [2.75, 3.05) is 44.9 Å². The van der Waals surface area contributed by atoms with E-state index in [2.05, 4.69) is 15.6 Å². The largest absolute Gasteiger partial charge is 0.493 e. The zero-order valence-electron chi connectivity index (χ0n) is 18.3. The molecule has 8 heteroatoms. The van der Waals surface area contributed by atoms with Crippen molar-refractivity contribution in [3.63, 3.8) is 0 Å². The number of nitrogens with one attached hydrogen (secondary N) is 2. The summed E-state index contributed by atoms with van der Waals surface area (Å²) in [6, 6.07) is 11.2. The highest BCUT2D eigenvalue weighted by Gasteiger charge is 2.25. The summed E-state index contributed by atoms with van der Waals surface area (Å²) in [6.07, 6.45) is 3.37. The van der Waals surface area contributed by atoms with E-state index in [0.29, 0.717) is 32.1 Å². The summed E-state index contributed by atoms with van der Waals surface area (Å²) < 4.78 is 24.9. The Labute approximate surface area is 183 Å². The molecule has 1 unspecified atom stereocenters. The van der Waals surface area contributed by atoms with Crippen molar-refractivity contribution >= 4 is 11.8 Å². The fourth-order valence-corrected chi connectivity index (χ4v) is 3.49. The molecule has 3 rings (SSSR count). The van der Waals surface area contributed by atoms with Gasteiger partial charge >= 0.3 is 0 Å². The summed E-state index contributed by atoms with van der Waals surface area (Å²) in [5, 5.41) is 6.77. The lowest BCUT2D eigenvalue weighted by molar-refractivity contribution is 0.172. The van der Waals surface area contributed by atoms with Gasteiger partial charge in [-0.05, 0) is 43.2 Å². The molecule has 0 aliphatic carbocycles. The van der Waals surface area contributed by atoms with E-state index in [1.165, 1.54) is 6.07 Å². The highest BCUT2D eigenvalue weighted by atomic mass is 19.1. The van der Waals surface area contributed by atoms with Crippen LogP contribution in [0.15, 0.2) is 47.6 Å². The molecule has 0 spiro atoms. The molecule has 7 nitrogen and oxygen atoms in total. The van der Waals surface area contributed by atoms with E-state index in [4.69, 9.17) is 14.5 Å². The van der Waals surface area contributed by atoms with E-state index in [9.17, 15) is 4.39 Å². The van der Waals surface area contributed by atoms with E-state index in [1.807, 2.05) is 36.1 Å². The molecule has 1 aliphatic heterocycles. The van der Waals surface area contributed by atoms with Crippen molar-refractivity contribution in [2.24, 2.45) is 4.99 Å². The number of hydrogen-bond donors (Lipinski definition) is 2. The molecule has 0 bridgehead atoms. The van der Waals surface area contributed by atoms with Crippen LogP contribution in [0.1, 0.15) is 25.3 Å². The molecule has 0 amide bonds. The van der Waals surface area contributed by atoms with Crippen LogP contribution in [0.2, 0.25) is 0 Å². The first-order valence-electron chi connectivity index (χ1n) is 10.8. The Kier molecular flexibility index (Phi) is 8.90. The average Bonchev–Trinajstić information content (AvgIpc) is 3.24. The number of guanidine groups is 1. The molecular formula is C23H32FN5O2. The fraction of sp³-hybridized carbons (Fsp3) is 0.478. The Morgan fingerprint density at radius 3 is 3.00 bits per heavy atom. The summed E-state index contributed by atoms with van der Waals surface area (Å²) >= 11 is 0. The number of aliphatic imine (C=N–C) groups is 1. The number of methoxy groups -OCH3 is 1. The fourth-order valence-electron chi connectivity index (χ4n) is 3.49. The Bertz CT molecular complexity index is 848. The highest BCUT2D eigenvalue weighted by molar-refractivity contribution is 5.80. The summed E-state index contributed by atoms with van der Waals surface area (Å²) in [7, 11) is 1.69. The molecule has 1 aromatic carbocycles. The Balaban J connectivity index is 1.55. The van der Waals surface area contributed by atoms with Crippen LogP contribution in [0.4, 0.5) is 10.2 Å². The normalized spacial score (nSPS) is 16.4. The van der Waals surface area contributed by atoms with E-state index in [0.717, 1.165) is 43.2 Å². The second-order valence-electron chi connectivity index (χ2n) is 7.42. The third-order valence-corrected chi connectivity index (χ3v) is 4.99. The topological polar surface area (TPSA) is 71.0 Å². The molecule has 0 radical (unpaired) electrons. The van der Waals surface area contributed by atoms with Gasteiger partial charge in [-0.1, -0.05) is 12.1 Å². The first-order chi connectivity index (χ1) is 15.2. The number of ether oxygens (including phenoxy) is 2. The van der Waals surface area contributed by atoms with Crippen LogP contribution in [0, 0.1) is 5.82 Å². The number of aromatic nitrogens is 1. The maximum absolute atomic E-state index is 14.0. The SMILES string of the molecule is CCNC(=NCc1cccc(OCCCOC)c1)NC1CCN(c2ncccc2F)C1. The molecule has 168 valence electrons. The van der Waals surface area contributed by atoms with Crippen LogP contribution in [-0.2, 0) is 11.3 Å². The van der Waals surface area contributed by atoms with Gasteiger partial charge in [0.1, 0.15) is 5.75 Å². The average molecular weight is 430 g/mol. The van der Waals surface area contributed by atoms with Crippen LogP contribution >= 0.6 is 0 Å². The van der Waals surface area contributed by atoms with Crippen molar-refractivity contribution in [1.82, 2.24) is 15.6 Å². The predicted octanol–water partition coefficient (Wildman–Crippen LogP) is 2.97. The third kappa shape index (κ3) is 7.10. The molecule has 1 atom stereocenters. The van der Waals surface area contributed by atoms with Gasteiger partial charge in [-0.2, -0.15) is 0 Å². The van der Waals surface area contributed by atoms with Crippen molar-refractivity contribution in [3.8, 4) is 5.75 Å². The quantitative estimate of drug-likeness (QED) is 0.344. The minimum atomic E-state index is -0.284. The van der Waals surface area contributed by atoms with Gasteiger partial charge in [-0.25, -0.2) is 14.4 Å². The molecule has 2 N–H and O–H groups in total. The van der Waals surface area contributed by atoms with Gasteiger partial charge in [0.2, 0.25) is 0 Å². The molecule has 31 heavy (non-hydrogen) atoms. The molecule has 0 saturated carbocycles. The number of rotatable bonds is 10. The van der Waals surface area contributed by atoms with Gasteiger partial charge in [0.15, 0.2) is 17.6 Å². The standard InChI is InChI=1S/C23H32FN5O2/c1-3-25-23(27-16-18-7-4-8-20(15-18)31-14-6-13-30-2)28-19-10-12-29(17-19)22-21(24)9-5-11-26-22/h4-5,7-9,11,15,19H,3,6,10,12-14,16-17H2,1-2H3,(H2,25,27,28). The molecule has 1 fully saturated rings. The smallest absolute Gasteiger partial charge is 0.191 e. The van der Waals surface area contributed by atoms with Crippen molar-refractivity contribution < 1.29 is 13.9 Å². The second kappa shape index (κ2) is 12.1. The maximum atomic E-state index is 14.0. The minimum absolute atomic E-state index is 0.176. The van der Waals surface area contributed by atoms with Gasteiger partial charge in [0, 0.05) is 52.0 Å². The zero-order valence-corrected chi connectivity index (χ0v) is 18.3. The van der Waals surface area contributed by atoms with Crippen LogP contribution in [-0.4, -0.2) is 56.9 Å². The number of nitrogens with zero attached hydrogens (tertiary/aromatic N) is 3. The van der Waals surface area contributed by atoms with E-state index in [-0.39, 0.29) is 11.9 Å². The minimum Gasteiger partial charge on any atom is -0.493 e. The molecular weight excluding hydrogens is 397 g/mol. The number of hydrogen-bond acceptors (Lipinski definition) is 5. The predicted molar refractivity (Wildman–Crippen MR) is 121 cm³/mol. The van der Waals surface area contributed by atoms with Crippen molar-refractivity contribution in [1.29, 1.82) is 0 Å². The van der Waals surface area contributed by atoms with Crippen LogP contribution < -0.4 is 20.3 Å². The Morgan fingerprint density at radius 1 is 1.29 bits per heavy atom. The van der Waals surface area contributed by atoms with Crippen molar-refractivity contribution in [2.45, 2.75) is 32.4 Å². The van der Waals surface area contributed by atoms with Crippen LogP contribution in [0.25, 0.3) is 0 Å². The molecule has 1 aliphatic rings. The summed E-state index contributed by atoms with van der Waals surface area (Å²) in [5.74, 6) is 1.72. The van der Waals surface area contributed by atoms with Crippen LogP contribution in [0.5, 0.6) is 5.75 Å². The van der Waals surface area contributed by atoms with Gasteiger partial charge < -0.3 is 25.0 Å². The summed E-state index contributed by atoms with van der Waals surface area (Å²) in [4.78, 5) is 10.9. The number of halogens is 1. The summed E-state index contributed by atoms with van der Waals surface area (Å²) in [5.41, 5.74) is 1.07.